The van der Waals surface area contributed by atoms with Crippen molar-refractivity contribution in [3.63, 3.8) is 0 Å². The predicted octanol–water partition coefficient (Wildman–Crippen LogP) is 5.62. The number of benzene rings is 2. The van der Waals surface area contributed by atoms with Gasteiger partial charge >= 0.3 is 0 Å². The summed E-state index contributed by atoms with van der Waals surface area (Å²) in [6.07, 6.45) is 1.11. The fourth-order valence-corrected chi connectivity index (χ4v) is 4.47. The average Bonchev–Trinajstić information content (AvgIpc) is 2.81. The highest BCUT2D eigenvalue weighted by Crippen LogP contribution is 2.48. The zero-order chi connectivity index (χ0) is 21.6. The van der Waals surface area contributed by atoms with Crippen LogP contribution in [0.4, 0.5) is 15.8 Å². The second-order valence-electron chi connectivity index (χ2n) is 9.29. The minimum absolute atomic E-state index is 0.0254. The van der Waals surface area contributed by atoms with Crippen molar-refractivity contribution in [2.24, 2.45) is 11.3 Å². The highest BCUT2D eigenvalue weighted by Gasteiger charge is 2.43. The van der Waals surface area contributed by atoms with Crippen LogP contribution in [0.15, 0.2) is 59.8 Å². The molecule has 0 spiro atoms. The largest absolute Gasteiger partial charge is 0.357 e. The van der Waals surface area contributed by atoms with Crippen molar-refractivity contribution in [3.8, 4) is 0 Å². The molecule has 0 radical (unpaired) electrons. The highest BCUT2D eigenvalue weighted by atomic mass is 19.1. The van der Waals surface area contributed by atoms with Gasteiger partial charge in [0.2, 0.25) is 5.91 Å². The molecule has 1 aliphatic carbocycles. The van der Waals surface area contributed by atoms with Gasteiger partial charge in [-0.1, -0.05) is 52.0 Å². The molecule has 2 aliphatic rings. The summed E-state index contributed by atoms with van der Waals surface area (Å²) in [4.78, 5) is 28.6. The number of allylic oxidation sites excluding steroid dienone is 1. The van der Waals surface area contributed by atoms with Crippen molar-refractivity contribution < 1.29 is 14.0 Å². The Morgan fingerprint density at radius 2 is 1.77 bits per heavy atom. The van der Waals surface area contributed by atoms with Gasteiger partial charge in [0, 0.05) is 23.6 Å². The van der Waals surface area contributed by atoms with Gasteiger partial charge in [-0.05, 0) is 41.7 Å². The lowest BCUT2D eigenvalue weighted by molar-refractivity contribution is -0.122. The number of halogens is 1. The Bertz CT molecular complexity index is 1040. The lowest BCUT2D eigenvalue weighted by Crippen LogP contribution is -2.41. The number of rotatable bonds is 2. The van der Waals surface area contributed by atoms with Crippen LogP contribution in [0, 0.1) is 17.2 Å². The molecule has 5 heteroatoms. The average molecular weight is 407 g/mol. The summed E-state index contributed by atoms with van der Waals surface area (Å²) in [6, 6.07) is 13.1. The van der Waals surface area contributed by atoms with Gasteiger partial charge in [0.25, 0.3) is 0 Å². The second kappa shape index (κ2) is 7.38. The highest BCUT2D eigenvalue weighted by molar-refractivity contribution is 6.06. The number of anilines is 2. The van der Waals surface area contributed by atoms with Gasteiger partial charge in [-0.15, -0.1) is 0 Å². The number of ketones is 1. The molecule has 156 valence electrons. The van der Waals surface area contributed by atoms with E-state index in [4.69, 9.17) is 0 Å². The minimum Gasteiger partial charge on any atom is -0.357 e. The molecule has 1 amide bonds. The molecule has 2 aromatic rings. The number of carbonyl (C=O) groups excluding carboxylic acids is 2. The van der Waals surface area contributed by atoms with E-state index >= 15 is 0 Å². The van der Waals surface area contributed by atoms with E-state index in [0.29, 0.717) is 18.4 Å². The van der Waals surface area contributed by atoms with Crippen molar-refractivity contribution in [3.05, 3.63) is 71.2 Å². The SMILES string of the molecule is CC(C)C(=O)N1c2ccccc2NC2=C(C(=O)CC(C)(C)C2)C1c1ccc(F)cc1. The maximum Gasteiger partial charge on any atom is 0.230 e. The Morgan fingerprint density at radius 3 is 2.43 bits per heavy atom. The molecule has 2 aromatic carbocycles. The summed E-state index contributed by atoms with van der Waals surface area (Å²) in [5.74, 6) is -0.668. The minimum atomic E-state index is -0.602. The van der Waals surface area contributed by atoms with E-state index in [9.17, 15) is 14.0 Å². The van der Waals surface area contributed by atoms with Gasteiger partial charge in [-0.2, -0.15) is 0 Å². The molecule has 30 heavy (non-hydrogen) atoms. The Labute approximate surface area is 176 Å². The number of nitrogens with zero attached hydrogens (tertiary/aromatic N) is 1. The third-order valence-electron chi connectivity index (χ3n) is 5.82. The molecule has 0 bridgehead atoms. The number of Topliss-reactive ketones (excluding diaryl/α,β-unsaturated/α-hetero) is 1. The smallest absolute Gasteiger partial charge is 0.230 e. The van der Waals surface area contributed by atoms with Crippen LogP contribution in [0.25, 0.3) is 0 Å². The Kier molecular flexibility index (Phi) is 5.00. The number of nitrogens with one attached hydrogen (secondary N) is 1. The van der Waals surface area contributed by atoms with E-state index in [1.54, 1.807) is 17.0 Å². The second-order valence-corrected chi connectivity index (χ2v) is 9.29. The number of hydrogen-bond donors (Lipinski definition) is 1. The van der Waals surface area contributed by atoms with Gasteiger partial charge in [-0.25, -0.2) is 4.39 Å². The molecule has 1 N–H and O–H groups in total. The molecule has 1 aliphatic heterocycles. The third-order valence-corrected chi connectivity index (χ3v) is 5.82. The lowest BCUT2D eigenvalue weighted by Gasteiger charge is -2.37. The fourth-order valence-electron chi connectivity index (χ4n) is 4.47. The standard InChI is InChI=1S/C25H27FN2O2/c1-15(2)24(30)28-20-8-6-5-7-18(20)27-19-13-25(3,4)14-21(29)22(19)23(28)16-9-11-17(26)12-10-16/h5-12,15,23,27H,13-14H2,1-4H3. The van der Waals surface area contributed by atoms with Crippen molar-refractivity contribution in [1.82, 2.24) is 0 Å². The first-order chi connectivity index (χ1) is 14.2. The van der Waals surface area contributed by atoms with Crippen LogP contribution in [0.1, 0.15) is 52.1 Å². The van der Waals surface area contributed by atoms with Crippen molar-refractivity contribution in [2.45, 2.75) is 46.6 Å². The van der Waals surface area contributed by atoms with Gasteiger partial charge in [-0.3, -0.25) is 14.5 Å². The van der Waals surface area contributed by atoms with Crippen LogP contribution in [0.2, 0.25) is 0 Å². The summed E-state index contributed by atoms with van der Waals surface area (Å²) < 4.78 is 13.7. The molecule has 4 rings (SSSR count). The number of fused-ring (bicyclic) bond motifs is 1. The molecule has 0 saturated carbocycles. The van der Waals surface area contributed by atoms with E-state index in [2.05, 4.69) is 19.2 Å². The number of hydrogen-bond acceptors (Lipinski definition) is 3. The molecule has 0 aromatic heterocycles. The van der Waals surface area contributed by atoms with Crippen LogP contribution in [-0.4, -0.2) is 11.7 Å². The maximum absolute atomic E-state index is 13.7. The zero-order valence-electron chi connectivity index (χ0n) is 17.8. The Balaban J connectivity index is 2.01. The Morgan fingerprint density at radius 1 is 1.10 bits per heavy atom. The third kappa shape index (κ3) is 3.53. The molecule has 1 unspecified atom stereocenters. The van der Waals surface area contributed by atoms with Crippen LogP contribution < -0.4 is 10.2 Å². The Hall–Kier alpha value is -2.95. The van der Waals surface area contributed by atoms with Gasteiger partial charge in [0.15, 0.2) is 5.78 Å². The van der Waals surface area contributed by atoms with E-state index in [1.807, 2.05) is 38.1 Å². The molecular formula is C25H27FN2O2. The van der Waals surface area contributed by atoms with Gasteiger partial charge in [0.1, 0.15) is 5.82 Å². The summed E-state index contributed by atoms with van der Waals surface area (Å²) in [7, 11) is 0. The van der Waals surface area contributed by atoms with Gasteiger partial charge in [0.05, 0.1) is 17.4 Å². The molecule has 0 saturated heterocycles. The summed E-state index contributed by atoms with van der Waals surface area (Å²) >= 11 is 0. The lowest BCUT2D eigenvalue weighted by atomic mass is 9.73. The maximum atomic E-state index is 13.7. The van der Waals surface area contributed by atoms with Crippen LogP contribution in [0.5, 0.6) is 0 Å². The van der Waals surface area contributed by atoms with Crippen LogP contribution >= 0.6 is 0 Å². The van der Waals surface area contributed by atoms with Crippen molar-refractivity contribution in [1.29, 1.82) is 0 Å². The predicted molar refractivity (Wildman–Crippen MR) is 117 cm³/mol. The van der Waals surface area contributed by atoms with E-state index in [-0.39, 0.29) is 28.8 Å². The van der Waals surface area contributed by atoms with Crippen molar-refractivity contribution >= 4 is 23.1 Å². The first-order valence-corrected chi connectivity index (χ1v) is 10.4. The molecule has 1 atom stereocenters. The molecule has 1 heterocycles. The van der Waals surface area contributed by atoms with E-state index in [0.717, 1.165) is 22.6 Å². The zero-order valence-corrected chi connectivity index (χ0v) is 17.8. The number of para-hydroxylation sites is 2. The van der Waals surface area contributed by atoms with Gasteiger partial charge < -0.3 is 5.32 Å². The molecular weight excluding hydrogens is 379 g/mol. The number of carbonyl (C=O) groups is 2. The van der Waals surface area contributed by atoms with E-state index < -0.39 is 6.04 Å². The number of amides is 1. The first-order valence-electron chi connectivity index (χ1n) is 10.4. The first kappa shape index (κ1) is 20.3. The normalized spacial score (nSPS) is 20.4. The van der Waals surface area contributed by atoms with E-state index in [1.165, 1.54) is 12.1 Å². The molecule has 4 nitrogen and oxygen atoms in total. The monoisotopic (exact) mass is 406 g/mol. The molecule has 0 fully saturated rings. The van der Waals surface area contributed by atoms with Crippen LogP contribution in [-0.2, 0) is 9.59 Å². The topological polar surface area (TPSA) is 49.4 Å². The quantitative estimate of drug-likeness (QED) is 0.704. The van der Waals surface area contributed by atoms with Crippen molar-refractivity contribution in [2.75, 3.05) is 10.2 Å². The summed E-state index contributed by atoms with van der Waals surface area (Å²) in [6.45, 7) is 7.87. The summed E-state index contributed by atoms with van der Waals surface area (Å²) in [5.41, 5.74) is 3.52. The summed E-state index contributed by atoms with van der Waals surface area (Å²) in [5, 5.41) is 3.47. The van der Waals surface area contributed by atoms with Crippen LogP contribution in [0.3, 0.4) is 0 Å². The fraction of sp³-hybridized carbons (Fsp3) is 0.360.